The molecule has 0 N–H and O–H groups in total. The first-order valence-electron chi connectivity index (χ1n) is 7.68. The molecule has 0 atom stereocenters. The lowest BCUT2D eigenvalue weighted by Crippen LogP contribution is -2.25. The van der Waals surface area contributed by atoms with E-state index in [9.17, 15) is 0 Å². The first-order valence-corrected chi connectivity index (χ1v) is 7.68. The third-order valence-electron chi connectivity index (χ3n) is 3.59. The van der Waals surface area contributed by atoms with E-state index in [-0.39, 0.29) is 0 Å². The van der Waals surface area contributed by atoms with Crippen molar-refractivity contribution < 1.29 is 0 Å². The molecule has 1 rings (SSSR count). The fourth-order valence-corrected chi connectivity index (χ4v) is 2.60. The van der Waals surface area contributed by atoms with Gasteiger partial charge in [0.25, 0.3) is 0 Å². The van der Waals surface area contributed by atoms with Crippen molar-refractivity contribution in [1.82, 2.24) is 0 Å². The van der Waals surface area contributed by atoms with Crippen LogP contribution in [0, 0.1) is 5.92 Å². The molecule has 0 saturated carbocycles. The van der Waals surface area contributed by atoms with Crippen molar-refractivity contribution in [3.8, 4) is 0 Å². The molecule has 0 amide bonds. The van der Waals surface area contributed by atoms with Crippen molar-refractivity contribution in [2.75, 3.05) is 0 Å². The average Bonchev–Trinajstić information content (AvgIpc) is 2.42. The summed E-state index contributed by atoms with van der Waals surface area (Å²) in [6.07, 6.45) is 6.85. The molecule has 0 unspecified atom stereocenters. The van der Waals surface area contributed by atoms with Gasteiger partial charge in [-0.25, -0.2) is 0 Å². The van der Waals surface area contributed by atoms with Crippen LogP contribution in [0.5, 0.6) is 0 Å². The third-order valence-corrected chi connectivity index (χ3v) is 3.59. The number of benzene rings is 1. The van der Waals surface area contributed by atoms with Crippen LogP contribution >= 0.6 is 0 Å². The predicted molar refractivity (Wildman–Crippen MR) is 91.9 cm³/mol. The Labute approximate surface area is 124 Å². The van der Waals surface area contributed by atoms with E-state index in [1.54, 1.807) is 0 Å². The molecule has 0 aliphatic heterocycles. The molecular weight excluding hydrogens is 240 g/mol. The van der Waals surface area contributed by atoms with Crippen LogP contribution in [-0.4, -0.2) is 0 Å². The molecule has 0 fully saturated rings. The Kier molecular flexibility index (Phi) is 6.51. The zero-order valence-corrected chi connectivity index (χ0v) is 13.7. The van der Waals surface area contributed by atoms with E-state index >= 15 is 0 Å². The fraction of sp³-hybridized carbons (Fsp3) is 0.400. The van der Waals surface area contributed by atoms with Crippen molar-refractivity contribution >= 4 is 12.2 Å². The van der Waals surface area contributed by atoms with E-state index in [4.69, 9.17) is 0 Å². The van der Waals surface area contributed by atoms with E-state index in [0.29, 0.717) is 5.92 Å². The Balaban J connectivity index is 3.55. The average molecular weight is 268 g/mol. The summed E-state index contributed by atoms with van der Waals surface area (Å²) in [7, 11) is 0. The SMILES string of the molecule is C=c1cccc/c1=C(C)/C(=C/CC)C(=C\CC)/C(C)C. The number of hydrogen-bond acceptors (Lipinski definition) is 0. The van der Waals surface area contributed by atoms with E-state index in [1.807, 2.05) is 6.07 Å². The maximum absolute atomic E-state index is 4.17. The molecule has 20 heavy (non-hydrogen) atoms. The molecule has 0 nitrogen and oxygen atoms in total. The molecule has 0 radical (unpaired) electrons. The highest BCUT2D eigenvalue weighted by Gasteiger charge is 2.11. The van der Waals surface area contributed by atoms with E-state index in [2.05, 4.69) is 71.5 Å². The van der Waals surface area contributed by atoms with Crippen LogP contribution in [0.15, 0.2) is 47.6 Å². The largest absolute Gasteiger partial charge is 0.0911 e. The van der Waals surface area contributed by atoms with Crippen molar-refractivity contribution in [3.63, 3.8) is 0 Å². The quantitative estimate of drug-likeness (QED) is 0.685. The van der Waals surface area contributed by atoms with Gasteiger partial charge in [-0.3, -0.25) is 0 Å². The Bertz CT molecular complexity index is 597. The van der Waals surface area contributed by atoms with Gasteiger partial charge in [-0.05, 0) is 52.8 Å². The summed E-state index contributed by atoms with van der Waals surface area (Å²) in [5.74, 6) is 0.541. The molecule has 0 heteroatoms. The number of rotatable bonds is 5. The topological polar surface area (TPSA) is 0 Å². The molecule has 0 bridgehead atoms. The third kappa shape index (κ3) is 3.96. The van der Waals surface area contributed by atoms with Crippen LogP contribution < -0.4 is 10.4 Å². The fourth-order valence-electron chi connectivity index (χ4n) is 2.60. The minimum absolute atomic E-state index is 0.541. The zero-order chi connectivity index (χ0) is 15.1. The summed E-state index contributed by atoms with van der Waals surface area (Å²) in [4.78, 5) is 0. The zero-order valence-electron chi connectivity index (χ0n) is 13.7. The molecule has 0 heterocycles. The lowest BCUT2D eigenvalue weighted by Gasteiger charge is -2.17. The second-order valence-corrected chi connectivity index (χ2v) is 5.53. The second-order valence-electron chi connectivity index (χ2n) is 5.53. The predicted octanol–water partition coefficient (Wildman–Crippen LogP) is 4.60. The molecule has 0 aromatic heterocycles. The summed E-state index contributed by atoms with van der Waals surface area (Å²) in [6, 6.07) is 8.40. The summed E-state index contributed by atoms with van der Waals surface area (Å²) in [5.41, 5.74) is 4.18. The second kappa shape index (κ2) is 7.89. The van der Waals surface area contributed by atoms with Crippen LogP contribution in [0.1, 0.15) is 47.5 Å². The van der Waals surface area contributed by atoms with Gasteiger partial charge < -0.3 is 0 Å². The number of hydrogen-bond donors (Lipinski definition) is 0. The Hall–Kier alpha value is -1.56. The molecule has 1 aromatic carbocycles. The van der Waals surface area contributed by atoms with Crippen LogP contribution in [0.3, 0.4) is 0 Å². The summed E-state index contributed by atoms with van der Waals surface area (Å²) >= 11 is 0. The minimum Gasteiger partial charge on any atom is -0.0911 e. The van der Waals surface area contributed by atoms with Gasteiger partial charge in [0.2, 0.25) is 0 Å². The highest BCUT2D eigenvalue weighted by molar-refractivity contribution is 5.70. The van der Waals surface area contributed by atoms with Crippen LogP contribution in [0.25, 0.3) is 12.2 Å². The summed E-state index contributed by atoms with van der Waals surface area (Å²) in [6.45, 7) is 15.3. The molecule has 0 aliphatic carbocycles. The monoisotopic (exact) mass is 268 g/mol. The highest BCUT2D eigenvalue weighted by Crippen LogP contribution is 2.26. The molecule has 108 valence electrons. The summed E-state index contributed by atoms with van der Waals surface area (Å²) in [5, 5.41) is 2.36. The lowest BCUT2D eigenvalue weighted by atomic mass is 9.88. The maximum Gasteiger partial charge on any atom is -0.0155 e. The van der Waals surface area contributed by atoms with Crippen molar-refractivity contribution in [2.24, 2.45) is 5.92 Å². The van der Waals surface area contributed by atoms with E-state index < -0.39 is 0 Å². The molecule has 0 aliphatic rings. The van der Waals surface area contributed by atoms with Crippen LogP contribution in [0.2, 0.25) is 0 Å². The smallest absolute Gasteiger partial charge is 0.0155 e. The normalized spacial score (nSPS) is 14.7. The molecule has 0 spiro atoms. The van der Waals surface area contributed by atoms with Crippen molar-refractivity contribution in [3.05, 3.63) is 58.0 Å². The van der Waals surface area contributed by atoms with E-state index in [1.165, 1.54) is 21.9 Å². The number of allylic oxidation sites excluding steroid dienone is 4. The van der Waals surface area contributed by atoms with Gasteiger partial charge in [0.15, 0.2) is 0 Å². The van der Waals surface area contributed by atoms with E-state index in [0.717, 1.165) is 18.1 Å². The minimum atomic E-state index is 0.541. The van der Waals surface area contributed by atoms with Crippen molar-refractivity contribution in [2.45, 2.75) is 47.5 Å². The molecular formula is C20H28. The van der Waals surface area contributed by atoms with Gasteiger partial charge in [-0.15, -0.1) is 0 Å². The van der Waals surface area contributed by atoms with Gasteiger partial charge in [-0.1, -0.05) is 70.7 Å². The Morgan fingerprint density at radius 2 is 1.70 bits per heavy atom. The van der Waals surface area contributed by atoms with Crippen LogP contribution in [-0.2, 0) is 0 Å². The Morgan fingerprint density at radius 1 is 1.10 bits per heavy atom. The van der Waals surface area contributed by atoms with Gasteiger partial charge in [0.05, 0.1) is 0 Å². The van der Waals surface area contributed by atoms with Gasteiger partial charge >= 0.3 is 0 Å². The van der Waals surface area contributed by atoms with Gasteiger partial charge in [-0.2, -0.15) is 0 Å². The highest BCUT2D eigenvalue weighted by atomic mass is 14.2. The first kappa shape index (κ1) is 16.5. The standard InChI is InChI=1S/C20H28/c1-7-11-18(15(3)4)20(12-8-2)17(6)19-14-10-9-13-16(19)5/h9-15H,5,7-8H2,1-4,6H3/b18-11-,19-17-,20-12-. The molecule has 1 aromatic rings. The van der Waals surface area contributed by atoms with Crippen molar-refractivity contribution in [1.29, 1.82) is 0 Å². The van der Waals surface area contributed by atoms with Crippen LogP contribution in [0.4, 0.5) is 0 Å². The molecule has 0 saturated heterocycles. The maximum atomic E-state index is 4.17. The van der Waals surface area contributed by atoms with Gasteiger partial charge in [0, 0.05) is 0 Å². The Morgan fingerprint density at radius 3 is 2.20 bits per heavy atom. The summed E-state index contributed by atoms with van der Waals surface area (Å²) < 4.78 is 0. The lowest BCUT2D eigenvalue weighted by molar-refractivity contribution is 0.775. The first-order chi connectivity index (χ1) is 9.52. The van der Waals surface area contributed by atoms with Gasteiger partial charge in [0.1, 0.15) is 0 Å².